The molecule has 9 nitrogen and oxygen atoms in total. The molecule has 0 fully saturated rings. The number of carbonyl (C=O) groups is 2. The van der Waals surface area contributed by atoms with Crippen molar-refractivity contribution in [3.8, 4) is 11.5 Å². The minimum absolute atomic E-state index is 0.0510. The predicted molar refractivity (Wildman–Crippen MR) is 138 cm³/mol. The van der Waals surface area contributed by atoms with E-state index in [1.54, 1.807) is 48.5 Å². The van der Waals surface area contributed by atoms with Gasteiger partial charge in [-0.2, -0.15) is 0 Å². The van der Waals surface area contributed by atoms with Crippen LogP contribution in [-0.2, 0) is 11.3 Å². The maximum Gasteiger partial charge on any atom is 0.341 e. The molecular weight excluding hydrogens is 516 g/mol. The number of carboxylic acid groups (broad SMARTS) is 1. The van der Waals surface area contributed by atoms with Crippen molar-refractivity contribution in [2.24, 2.45) is 5.73 Å². The highest BCUT2D eigenvalue weighted by Gasteiger charge is 2.17. The van der Waals surface area contributed by atoms with Crippen LogP contribution in [-0.4, -0.2) is 36.5 Å². The molecule has 6 N–H and O–H groups in total. The van der Waals surface area contributed by atoms with Crippen molar-refractivity contribution in [3.63, 3.8) is 0 Å². The molecule has 1 amide bonds. The average Bonchev–Trinajstić information content (AvgIpc) is 2.82. The second kappa shape index (κ2) is 11.4. The highest BCUT2D eigenvalue weighted by molar-refractivity contribution is 9.10. The first-order valence-electron chi connectivity index (χ1n) is 10.5. The van der Waals surface area contributed by atoms with Crippen LogP contribution in [0.3, 0.4) is 0 Å². The number of aliphatic carboxylic acids is 1. The fourth-order valence-corrected chi connectivity index (χ4v) is 3.95. The van der Waals surface area contributed by atoms with Gasteiger partial charge in [-0.15, -0.1) is 0 Å². The van der Waals surface area contributed by atoms with Crippen molar-refractivity contribution < 1.29 is 24.2 Å². The zero-order valence-electron chi connectivity index (χ0n) is 19.1. The second-order valence-corrected chi connectivity index (χ2v) is 8.39. The molecule has 0 aliphatic rings. The summed E-state index contributed by atoms with van der Waals surface area (Å²) in [6.07, 6.45) is 0. The van der Waals surface area contributed by atoms with Gasteiger partial charge in [0.2, 0.25) is 0 Å². The van der Waals surface area contributed by atoms with E-state index in [2.05, 4.69) is 26.6 Å². The molecule has 0 aromatic heterocycles. The van der Waals surface area contributed by atoms with Crippen LogP contribution in [0.5, 0.6) is 11.5 Å². The Morgan fingerprint density at radius 2 is 1.83 bits per heavy atom. The number of carbonyl (C=O) groups excluding carboxylic acids is 1. The number of rotatable bonds is 10. The first-order chi connectivity index (χ1) is 16.7. The van der Waals surface area contributed by atoms with Crippen molar-refractivity contribution >= 4 is 45.0 Å². The Morgan fingerprint density at radius 3 is 2.46 bits per heavy atom. The summed E-state index contributed by atoms with van der Waals surface area (Å²) in [6, 6.07) is 15.6. The molecule has 0 heterocycles. The third-order valence-electron chi connectivity index (χ3n) is 5.05. The van der Waals surface area contributed by atoms with Crippen LogP contribution in [0.1, 0.15) is 27.0 Å². The van der Waals surface area contributed by atoms with E-state index in [-0.39, 0.29) is 18.3 Å². The summed E-state index contributed by atoms with van der Waals surface area (Å²) in [7, 11) is 1.50. The summed E-state index contributed by atoms with van der Waals surface area (Å²) in [5.74, 6) is -0.634. The number of methoxy groups -OCH3 is 1. The molecule has 0 saturated carbocycles. The lowest BCUT2D eigenvalue weighted by atomic mass is 10.1. The van der Waals surface area contributed by atoms with Gasteiger partial charge >= 0.3 is 5.97 Å². The van der Waals surface area contributed by atoms with Gasteiger partial charge in [0.25, 0.3) is 5.91 Å². The van der Waals surface area contributed by atoms with Crippen LogP contribution in [0, 0.1) is 12.3 Å². The van der Waals surface area contributed by atoms with Crippen molar-refractivity contribution in [3.05, 3.63) is 81.3 Å². The van der Waals surface area contributed by atoms with Crippen molar-refractivity contribution in [1.29, 1.82) is 5.41 Å². The van der Waals surface area contributed by atoms with Crippen LogP contribution in [0.2, 0.25) is 0 Å². The number of anilines is 2. The molecule has 0 radical (unpaired) electrons. The van der Waals surface area contributed by atoms with Gasteiger partial charge in [0.15, 0.2) is 6.61 Å². The minimum atomic E-state index is -1.10. The number of amidine groups is 1. The normalized spacial score (nSPS) is 10.4. The first kappa shape index (κ1) is 25.6. The van der Waals surface area contributed by atoms with Gasteiger partial charge in [-0.3, -0.25) is 10.2 Å². The SMILES string of the molecule is COc1ccc(CNc2ccc(C)cc2C(=O)Nc2ccc(C(=N)N)cc2)c(OCC(=O)O)c1Br. The number of hydrogen-bond acceptors (Lipinski definition) is 6. The Bertz CT molecular complexity index is 1260. The lowest BCUT2D eigenvalue weighted by Crippen LogP contribution is -2.16. The number of amides is 1. The summed E-state index contributed by atoms with van der Waals surface area (Å²) in [5, 5.41) is 22.6. The third-order valence-corrected chi connectivity index (χ3v) is 5.80. The summed E-state index contributed by atoms with van der Waals surface area (Å²) in [5.41, 5.74) is 9.21. The smallest absolute Gasteiger partial charge is 0.341 e. The molecule has 0 aliphatic heterocycles. The summed E-state index contributed by atoms with van der Waals surface area (Å²) in [6.45, 7) is 1.63. The number of halogens is 1. The Morgan fingerprint density at radius 1 is 1.11 bits per heavy atom. The topological polar surface area (TPSA) is 147 Å². The number of ether oxygens (including phenoxy) is 2. The Balaban J connectivity index is 1.83. The summed E-state index contributed by atoms with van der Waals surface area (Å²) in [4.78, 5) is 24.1. The first-order valence-corrected chi connectivity index (χ1v) is 11.3. The van der Waals surface area contributed by atoms with Gasteiger partial charge in [0.05, 0.1) is 12.7 Å². The van der Waals surface area contributed by atoms with E-state index in [0.717, 1.165) is 5.56 Å². The van der Waals surface area contributed by atoms with Gasteiger partial charge in [-0.1, -0.05) is 11.6 Å². The lowest BCUT2D eigenvalue weighted by molar-refractivity contribution is -0.139. The second-order valence-electron chi connectivity index (χ2n) is 7.60. The molecule has 0 saturated heterocycles. The van der Waals surface area contributed by atoms with E-state index in [4.69, 9.17) is 25.7 Å². The molecule has 0 bridgehead atoms. The van der Waals surface area contributed by atoms with Crippen LogP contribution < -0.4 is 25.8 Å². The largest absolute Gasteiger partial charge is 0.495 e. The fraction of sp³-hybridized carbons (Fsp3) is 0.160. The van der Waals surface area contributed by atoms with E-state index in [9.17, 15) is 9.59 Å². The molecule has 0 aliphatic carbocycles. The minimum Gasteiger partial charge on any atom is -0.495 e. The van der Waals surface area contributed by atoms with Gasteiger partial charge in [0.1, 0.15) is 21.8 Å². The van der Waals surface area contributed by atoms with Gasteiger partial charge in [0, 0.05) is 29.0 Å². The standard InChI is InChI=1S/C25H25BrN4O5/c1-14-3-9-19(18(11-14)25(33)30-17-7-4-15(5-8-17)24(27)28)29-12-16-6-10-20(34-2)22(26)23(16)35-13-21(31)32/h3-11,29H,12-13H2,1-2H3,(H3,27,28)(H,30,33)(H,31,32). The van der Waals surface area contributed by atoms with Crippen molar-refractivity contribution in [1.82, 2.24) is 0 Å². The van der Waals surface area contributed by atoms with Crippen LogP contribution in [0.4, 0.5) is 11.4 Å². The number of carboxylic acids is 1. The van der Waals surface area contributed by atoms with Crippen LogP contribution in [0.25, 0.3) is 0 Å². The molecule has 3 aromatic rings. The summed E-state index contributed by atoms with van der Waals surface area (Å²) < 4.78 is 11.3. The zero-order valence-corrected chi connectivity index (χ0v) is 20.7. The number of benzene rings is 3. The molecule has 3 aromatic carbocycles. The monoisotopic (exact) mass is 540 g/mol. The van der Waals surface area contributed by atoms with Gasteiger partial charge < -0.3 is 30.9 Å². The van der Waals surface area contributed by atoms with Crippen molar-refractivity contribution in [2.75, 3.05) is 24.4 Å². The average molecular weight is 541 g/mol. The highest BCUT2D eigenvalue weighted by Crippen LogP contribution is 2.38. The van der Waals surface area contributed by atoms with Gasteiger partial charge in [-0.25, -0.2) is 4.79 Å². The van der Waals surface area contributed by atoms with E-state index in [1.165, 1.54) is 7.11 Å². The Kier molecular flexibility index (Phi) is 8.32. The molecule has 0 unspecified atom stereocenters. The zero-order chi connectivity index (χ0) is 25.5. The lowest BCUT2D eigenvalue weighted by Gasteiger charge is -2.17. The molecule has 182 valence electrons. The van der Waals surface area contributed by atoms with E-state index in [0.29, 0.717) is 44.0 Å². The van der Waals surface area contributed by atoms with E-state index in [1.807, 2.05) is 13.0 Å². The van der Waals surface area contributed by atoms with E-state index >= 15 is 0 Å². The highest BCUT2D eigenvalue weighted by atomic mass is 79.9. The van der Waals surface area contributed by atoms with E-state index < -0.39 is 12.6 Å². The molecule has 35 heavy (non-hydrogen) atoms. The molecule has 10 heteroatoms. The van der Waals surface area contributed by atoms with Crippen LogP contribution in [0.15, 0.2) is 59.1 Å². The number of aryl methyl sites for hydroxylation is 1. The maximum atomic E-state index is 13.1. The number of nitrogens with two attached hydrogens (primary N) is 1. The molecular formula is C25H25BrN4O5. The molecule has 3 rings (SSSR count). The number of nitrogens with one attached hydrogen (secondary N) is 3. The fourth-order valence-electron chi connectivity index (χ4n) is 3.29. The Hall–Kier alpha value is -4.05. The van der Waals surface area contributed by atoms with Crippen LogP contribution >= 0.6 is 15.9 Å². The Labute approximate surface area is 210 Å². The third kappa shape index (κ3) is 6.51. The molecule has 0 atom stereocenters. The predicted octanol–water partition coefficient (Wildman–Crippen LogP) is 4.38. The maximum absolute atomic E-state index is 13.1. The van der Waals surface area contributed by atoms with Gasteiger partial charge in [-0.05, 0) is 71.4 Å². The van der Waals surface area contributed by atoms with Crippen molar-refractivity contribution in [2.45, 2.75) is 13.5 Å². The molecule has 0 spiro atoms. The summed E-state index contributed by atoms with van der Waals surface area (Å²) >= 11 is 3.41. The number of hydrogen-bond donors (Lipinski definition) is 5. The quantitative estimate of drug-likeness (QED) is 0.189. The number of nitrogen functional groups attached to an aromatic ring is 1.